The second-order valence-corrected chi connectivity index (χ2v) is 8.64. The van der Waals surface area contributed by atoms with Gasteiger partial charge in [-0.25, -0.2) is 9.78 Å². The summed E-state index contributed by atoms with van der Waals surface area (Å²) in [5, 5.41) is 6.91. The van der Waals surface area contributed by atoms with Crippen LogP contribution in [0.4, 0.5) is 11.4 Å². The number of methoxy groups -OCH3 is 2. The molecule has 8 heteroatoms. The van der Waals surface area contributed by atoms with Crippen LogP contribution in [0.5, 0.6) is 0 Å². The van der Waals surface area contributed by atoms with Gasteiger partial charge in [0.2, 0.25) is 5.91 Å². The first-order valence-corrected chi connectivity index (χ1v) is 11.6. The van der Waals surface area contributed by atoms with Crippen LogP contribution in [0.3, 0.4) is 0 Å². The van der Waals surface area contributed by atoms with Crippen molar-refractivity contribution < 1.29 is 19.1 Å². The maximum atomic E-state index is 12.9. The molecule has 2 N–H and O–H groups in total. The van der Waals surface area contributed by atoms with Gasteiger partial charge in [-0.1, -0.05) is 44.2 Å². The molecule has 2 aromatic heterocycles. The van der Waals surface area contributed by atoms with Crippen LogP contribution in [0.25, 0.3) is 11.0 Å². The number of carbonyl (C=O) groups is 2. The van der Waals surface area contributed by atoms with E-state index in [1.807, 2.05) is 28.8 Å². The fraction of sp³-hybridized carbons (Fsp3) is 0.423. The van der Waals surface area contributed by atoms with Gasteiger partial charge in [-0.05, 0) is 36.8 Å². The third-order valence-electron chi connectivity index (χ3n) is 5.56. The van der Waals surface area contributed by atoms with E-state index in [4.69, 9.17) is 9.47 Å². The van der Waals surface area contributed by atoms with Crippen molar-refractivity contribution >= 4 is 34.3 Å². The third kappa shape index (κ3) is 6.35. The largest absolute Gasteiger partial charge is 0.464 e. The minimum absolute atomic E-state index is 0.124. The lowest BCUT2D eigenvalue weighted by Gasteiger charge is -2.11. The van der Waals surface area contributed by atoms with Crippen molar-refractivity contribution in [3.05, 3.63) is 53.9 Å². The Labute approximate surface area is 200 Å². The molecular weight excluding hydrogens is 432 g/mol. The number of nitrogens with zero attached hydrogens (tertiary/aromatic N) is 2. The fourth-order valence-electron chi connectivity index (χ4n) is 3.87. The van der Waals surface area contributed by atoms with Crippen molar-refractivity contribution in [2.75, 3.05) is 38.0 Å². The van der Waals surface area contributed by atoms with Gasteiger partial charge in [0.15, 0.2) is 5.69 Å². The quantitative estimate of drug-likeness (QED) is 0.382. The van der Waals surface area contributed by atoms with Crippen molar-refractivity contribution in [1.29, 1.82) is 0 Å². The fourth-order valence-corrected chi connectivity index (χ4v) is 3.87. The molecule has 34 heavy (non-hydrogen) atoms. The van der Waals surface area contributed by atoms with Gasteiger partial charge in [-0.15, -0.1) is 0 Å². The van der Waals surface area contributed by atoms with Gasteiger partial charge in [-0.3, -0.25) is 4.79 Å². The van der Waals surface area contributed by atoms with E-state index in [-0.39, 0.29) is 18.2 Å². The van der Waals surface area contributed by atoms with Crippen LogP contribution in [0.2, 0.25) is 0 Å². The highest BCUT2D eigenvalue weighted by atomic mass is 16.5. The molecule has 0 aliphatic rings. The summed E-state index contributed by atoms with van der Waals surface area (Å²) in [5.74, 6) is -0.307. The Balaban J connectivity index is 2.00. The highest BCUT2D eigenvalue weighted by molar-refractivity contribution is 6.11. The minimum Gasteiger partial charge on any atom is -0.464 e. The molecule has 182 valence electrons. The molecule has 8 nitrogen and oxygen atoms in total. The summed E-state index contributed by atoms with van der Waals surface area (Å²) in [6.07, 6.45) is 4.42. The van der Waals surface area contributed by atoms with E-state index < -0.39 is 5.97 Å². The van der Waals surface area contributed by atoms with Crippen molar-refractivity contribution in [3.8, 4) is 0 Å². The van der Waals surface area contributed by atoms with Gasteiger partial charge in [-0.2, -0.15) is 0 Å². The number of ether oxygens (including phenoxy) is 2. The first kappa shape index (κ1) is 25.2. The number of aryl methyl sites for hydroxylation is 2. The smallest absolute Gasteiger partial charge is 0.356 e. The first-order chi connectivity index (χ1) is 16.4. The normalized spacial score (nSPS) is 11.1. The Kier molecular flexibility index (Phi) is 9.04. The maximum Gasteiger partial charge on any atom is 0.356 e. The van der Waals surface area contributed by atoms with E-state index in [2.05, 4.69) is 41.6 Å². The number of anilines is 2. The number of rotatable bonds is 12. The van der Waals surface area contributed by atoms with Gasteiger partial charge in [0.25, 0.3) is 0 Å². The van der Waals surface area contributed by atoms with E-state index >= 15 is 0 Å². The maximum absolute atomic E-state index is 12.9. The molecule has 0 bridgehead atoms. The predicted molar refractivity (Wildman–Crippen MR) is 134 cm³/mol. The molecule has 0 unspecified atom stereocenters. The molecule has 3 rings (SSSR count). The predicted octanol–water partition coefficient (Wildman–Crippen LogP) is 4.50. The number of carbonyl (C=O) groups excluding carboxylic acids is 2. The highest BCUT2D eigenvalue weighted by Crippen LogP contribution is 2.33. The average molecular weight is 467 g/mol. The molecule has 0 aliphatic carbocycles. The Morgan fingerprint density at radius 3 is 2.59 bits per heavy atom. The van der Waals surface area contributed by atoms with E-state index in [0.717, 1.165) is 31.5 Å². The summed E-state index contributed by atoms with van der Waals surface area (Å²) < 4.78 is 11.9. The lowest BCUT2D eigenvalue weighted by molar-refractivity contribution is -0.119. The number of aromatic nitrogens is 2. The lowest BCUT2D eigenvalue weighted by atomic mass is 10.1. The molecule has 0 radical (unpaired) electrons. The number of fused-ring (bicyclic) bond motifs is 1. The number of nitrogens with one attached hydrogen (secondary N) is 2. The molecule has 3 aromatic rings. The van der Waals surface area contributed by atoms with Gasteiger partial charge in [0, 0.05) is 25.6 Å². The van der Waals surface area contributed by atoms with E-state index in [9.17, 15) is 9.59 Å². The molecule has 0 aliphatic heterocycles. The summed E-state index contributed by atoms with van der Waals surface area (Å²) in [6.45, 7) is 5.57. The first-order valence-electron chi connectivity index (χ1n) is 11.6. The van der Waals surface area contributed by atoms with Crippen molar-refractivity contribution in [2.45, 2.75) is 39.7 Å². The topological polar surface area (TPSA) is 94.5 Å². The second kappa shape index (κ2) is 12.2. The van der Waals surface area contributed by atoms with Crippen LogP contribution < -0.4 is 10.6 Å². The molecule has 2 heterocycles. The van der Waals surface area contributed by atoms with Crippen LogP contribution in [0.1, 0.15) is 42.7 Å². The molecule has 0 spiro atoms. The minimum atomic E-state index is -0.528. The van der Waals surface area contributed by atoms with E-state index in [1.54, 1.807) is 6.20 Å². The molecule has 1 aromatic carbocycles. The second-order valence-electron chi connectivity index (χ2n) is 8.64. The van der Waals surface area contributed by atoms with Crippen LogP contribution in [-0.2, 0) is 27.2 Å². The molecular formula is C26H34N4O4. The number of pyridine rings is 1. The average Bonchev–Trinajstić information content (AvgIpc) is 3.11. The van der Waals surface area contributed by atoms with Gasteiger partial charge in [0.05, 0.1) is 24.7 Å². The summed E-state index contributed by atoms with van der Waals surface area (Å²) in [5.41, 5.74) is 3.34. The summed E-state index contributed by atoms with van der Waals surface area (Å²) in [7, 11) is 2.79. The van der Waals surface area contributed by atoms with Crippen LogP contribution in [0, 0.1) is 5.92 Å². The monoisotopic (exact) mass is 466 g/mol. The van der Waals surface area contributed by atoms with Gasteiger partial charge >= 0.3 is 5.97 Å². The number of hydrogen-bond donors (Lipinski definition) is 2. The zero-order valence-electron chi connectivity index (χ0n) is 20.4. The Morgan fingerprint density at radius 2 is 1.91 bits per heavy atom. The Bertz CT molecular complexity index is 1110. The van der Waals surface area contributed by atoms with E-state index in [0.29, 0.717) is 29.2 Å². The lowest BCUT2D eigenvalue weighted by Crippen LogP contribution is -2.20. The van der Waals surface area contributed by atoms with Gasteiger partial charge < -0.3 is 24.7 Å². The molecule has 1 amide bonds. The molecule has 0 fully saturated rings. The standard InChI is InChI=1S/C26H34N4O4/c1-18(2)12-13-27-20-15-21-23(29-22(31)17-33-3)24(26(32)34-4)30(25(21)28-16-20)14-8-11-19-9-6-5-7-10-19/h5-7,9-10,15-16,18,27H,8,11-14,17H2,1-4H3,(H,29,31). The highest BCUT2D eigenvalue weighted by Gasteiger charge is 2.26. The zero-order valence-corrected chi connectivity index (χ0v) is 20.4. The SMILES string of the molecule is COCC(=O)Nc1c(C(=O)OC)n(CCCc2ccccc2)c2ncc(NCCC(C)C)cc12. The summed E-state index contributed by atoms with van der Waals surface area (Å²) >= 11 is 0. The molecule has 0 atom stereocenters. The third-order valence-corrected chi connectivity index (χ3v) is 5.56. The number of hydrogen-bond acceptors (Lipinski definition) is 6. The Hall–Kier alpha value is -3.39. The Morgan fingerprint density at radius 1 is 1.15 bits per heavy atom. The van der Waals surface area contributed by atoms with Gasteiger partial charge in [0.1, 0.15) is 12.3 Å². The van der Waals surface area contributed by atoms with Crippen LogP contribution >= 0.6 is 0 Å². The summed E-state index contributed by atoms with van der Waals surface area (Å²) in [6, 6.07) is 12.1. The number of amides is 1. The van der Waals surface area contributed by atoms with E-state index in [1.165, 1.54) is 19.8 Å². The van der Waals surface area contributed by atoms with Crippen molar-refractivity contribution in [2.24, 2.45) is 5.92 Å². The summed E-state index contributed by atoms with van der Waals surface area (Å²) in [4.78, 5) is 30.0. The van der Waals surface area contributed by atoms with Crippen LogP contribution in [0.15, 0.2) is 42.6 Å². The molecule has 0 saturated carbocycles. The zero-order chi connectivity index (χ0) is 24.5. The van der Waals surface area contributed by atoms with Crippen molar-refractivity contribution in [1.82, 2.24) is 9.55 Å². The van der Waals surface area contributed by atoms with Crippen molar-refractivity contribution in [3.63, 3.8) is 0 Å². The number of esters is 1. The van der Waals surface area contributed by atoms with Crippen LogP contribution in [-0.4, -0.2) is 48.8 Å². The number of benzene rings is 1. The molecule has 0 saturated heterocycles.